The number of rotatable bonds is 3. The summed E-state index contributed by atoms with van der Waals surface area (Å²) >= 11 is 0. The minimum absolute atomic E-state index is 0.0453. The van der Waals surface area contributed by atoms with Crippen molar-refractivity contribution >= 4 is 15.8 Å². The molecular weight excluding hydrogens is 395 g/mol. The highest BCUT2D eigenvalue weighted by molar-refractivity contribution is 7.93. The van der Waals surface area contributed by atoms with Crippen molar-refractivity contribution in [3.63, 3.8) is 0 Å². The number of benzene rings is 1. The Morgan fingerprint density at radius 3 is 2.54 bits per heavy atom. The van der Waals surface area contributed by atoms with Crippen molar-refractivity contribution < 1.29 is 26.3 Å². The predicted octanol–water partition coefficient (Wildman–Crippen LogP) is 4.00. The third-order valence-electron chi connectivity index (χ3n) is 4.08. The van der Waals surface area contributed by atoms with Crippen LogP contribution >= 0.6 is 0 Å². The second kappa shape index (κ2) is 6.48. The second-order valence-corrected chi connectivity index (χ2v) is 7.79. The van der Waals surface area contributed by atoms with E-state index in [9.17, 15) is 21.6 Å². The molecule has 144 valence electrons. The van der Waals surface area contributed by atoms with Gasteiger partial charge >= 0.3 is 6.18 Å². The highest BCUT2D eigenvalue weighted by Gasteiger charge is 2.38. The van der Waals surface area contributed by atoms with Gasteiger partial charge in [-0.25, -0.2) is 12.7 Å². The maximum atomic E-state index is 13.4. The second-order valence-electron chi connectivity index (χ2n) is 5.96. The van der Waals surface area contributed by atoms with E-state index in [1.165, 1.54) is 24.5 Å². The molecule has 0 aliphatic carbocycles. The molecule has 0 amide bonds. The van der Waals surface area contributed by atoms with Crippen LogP contribution in [0.1, 0.15) is 11.1 Å². The van der Waals surface area contributed by atoms with Crippen LogP contribution in [0.25, 0.3) is 0 Å². The molecule has 6 nitrogen and oxygen atoms in total. The minimum atomic E-state index is -4.71. The van der Waals surface area contributed by atoms with Crippen molar-refractivity contribution in [2.45, 2.75) is 17.6 Å². The lowest BCUT2D eigenvalue weighted by Crippen LogP contribution is -2.25. The molecule has 0 fully saturated rings. The maximum Gasteiger partial charge on any atom is 0.416 e. The van der Waals surface area contributed by atoms with E-state index >= 15 is 0 Å². The SMILES string of the molecule is O=S1(=O)c2ccccc2CN1c1cc(C(F)(F)F)cc(Oc2cccnc2)n1. The normalized spacial score (nSPS) is 15.3. The number of ether oxygens (including phenoxy) is 1. The molecular formula is C18H12F3N3O3S. The van der Waals surface area contributed by atoms with E-state index in [2.05, 4.69) is 9.97 Å². The van der Waals surface area contributed by atoms with Gasteiger partial charge in [-0.2, -0.15) is 18.2 Å². The van der Waals surface area contributed by atoms with E-state index in [4.69, 9.17) is 4.74 Å². The third-order valence-corrected chi connectivity index (χ3v) is 5.93. The van der Waals surface area contributed by atoms with Crippen LogP contribution in [-0.4, -0.2) is 18.4 Å². The van der Waals surface area contributed by atoms with Crippen LogP contribution in [0.3, 0.4) is 0 Å². The molecule has 0 spiro atoms. The first-order chi connectivity index (χ1) is 13.2. The average Bonchev–Trinajstić information content (AvgIpc) is 2.93. The van der Waals surface area contributed by atoms with E-state index in [1.807, 2.05) is 0 Å². The first kappa shape index (κ1) is 18.2. The van der Waals surface area contributed by atoms with Crippen LogP contribution in [0.4, 0.5) is 19.0 Å². The average molecular weight is 407 g/mol. The minimum Gasteiger partial charge on any atom is -0.437 e. The Morgan fingerprint density at radius 2 is 1.86 bits per heavy atom. The molecule has 4 rings (SSSR count). The molecule has 2 aromatic heterocycles. The van der Waals surface area contributed by atoms with Gasteiger partial charge in [-0.15, -0.1) is 0 Å². The van der Waals surface area contributed by atoms with Gasteiger partial charge in [0.1, 0.15) is 11.6 Å². The summed E-state index contributed by atoms with van der Waals surface area (Å²) in [5, 5.41) is 0. The molecule has 10 heteroatoms. The molecule has 0 N–H and O–H groups in total. The van der Waals surface area contributed by atoms with Gasteiger partial charge in [0.2, 0.25) is 5.88 Å². The zero-order valence-corrected chi connectivity index (χ0v) is 14.9. The van der Waals surface area contributed by atoms with E-state index in [-0.39, 0.29) is 28.9 Å². The Bertz CT molecular complexity index is 1140. The number of hydrogen-bond donors (Lipinski definition) is 0. The number of fused-ring (bicyclic) bond motifs is 1. The fraction of sp³-hybridized carbons (Fsp3) is 0.111. The Labute approximate surface area is 158 Å². The summed E-state index contributed by atoms with van der Waals surface area (Å²) in [6.07, 6.45) is -1.92. The maximum absolute atomic E-state index is 13.4. The zero-order chi connectivity index (χ0) is 19.9. The van der Waals surface area contributed by atoms with Gasteiger partial charge in [0.15, 0.2) is 0 Å². The largest absolute Gasteiger partial charge is 0.437 e. The first-order valence-corrected chi connectivity index (χ1v) is 9.47. The lowest BCUT2D eigenvalue weighted by atomic mass is 10.2. The monoisotopic (exact) mass is 407 g/mol. The van der Waals surface area contributed by atoms with Crippen LogP contribution in [0.2, 0.25) is 0 Å². The molecule has 0 radical (unpaired) electrons. The zero-order valence-electron chi connectivity index (χ0n) is 14.1. The van der Waals surface area contributed by atoms with E-state index in [0.717, 1.165) is 4.31 Å². The number of nitrogens with zero attached hydrogens (tertiary/aromatic N) is 3. The topological polar surface area (TPSA) is 72.4 Å². The van der Waals surface area contributed by atoms with Gasteiger partial charge < -0.3 is 4.74 Å². The number of hydrogen-bond acceptors (Lipinski definition) is 5. The number of pyridine rings is 2. The Morgan fingerprint density at radius 1 is 1.07 bits per heavy atom. The summed E-state index contributed by atoms with van der Waals surface area (Å²) in [4.78, 5) is 7.87. The van der Waals surface area contributed by atoms with Crippen LogP contribution in [0.15, 0.2) is 65.8 Å². The van der Waals surface area contributed by atoms with Gasteiger partial charge in [-0.3, -0.25) is 4.98 Å². The lowest BCUT2D eigenvalue weighted by molar-refractivity contribution is -0.137. The van der Waals surface area contributed by atoms with Gasteiger partial charge in [-0.1, -0.05) is 18.2 Å². The molecule has 3 aromatic rings. The van der Waals surface area contributed by atoms with Gasteiger partial charge in [-0.05, 0) is 29.8 Å². The highest BCUT2D eigenvalue weighted by Crippen LogP contribution is 2.38. The van der Waals surface area contributed by atoms with E-state index < -0.39 is 21.8 Å². The molecule has 0 saturated carbocycles. The number of anilines is 1. The van der Waals surface area contributed by atoms with E-state index in [0.29, 0.717) is 17.7 Å². The summed E-state index contributed by atoms with van der Waals surface area (Å²) in [7, 11) is -4.02. The molecule has 3 heterocycles. The first-order valence-electron chi connectivity index (χ1n) is 8.03. The predicted molar refractivity (Wildman–Crippen MR) is 93.4 cm³/mol. The molecule has 0 bridgehead atoms. The van der Waals surface area contributed by atoms with Crippen molar-refractivity contribution in [3.05, 3.63) is 72.1 Å². The number of halogens is 3. The smallest absolute Gasteiger partial charge is 0.416 e. The highest BCUT2D eigenvalue weighted by atomic mass is 32.2. The van der Waals surface area contributed by atoms with Gasteiger partial charge in [0.05, 0.1) is 23.2 Å². The molecule has 1 aliphatic rings. The standard InChI is InChI=1S/C18H12F3N3O3S/c19-18(20,21)13-8-16(23-17(9-13)27-14-5-3-7-22-10-14)24-11-12-4-1-2-6-15(12)28(24,25)26/h1-10H,11H2. The van der Waals surface area contributed by atoms with Crippen LogP contribution in [-0.2, 0) is 22.7 Å². The summed E-state index contributed by atoms with van der Waals surface area (Å²) < 4.78 is 71.8. The van der Waals surface area contributed by atoms with Crippen molar-refractivity contribution in [3.8, 4) is 11.6 Å². The fourth-order valence-corrected chi connectivity index (χ4v) is 4.41. The Balaban J connectivity index is 1.80. The van der Waals surface area contributed by atoms with Gasteiger partial charge in [0, 0.05) is 12.3 Å². The molecule has 1 aliphatic heterocycles. The summed E-state index contributed by atoms with van der Waals surface area (Å²) in [5.74, 6) is -0.582. The molecule has 0 saturated heterocycles. The Kier molecular flexibility index (Phi) is 4.22. The summed E-state index contributed by atoms with van der Waals surface area (Å²) in [6, 6.07) is 10.7. The van der Waals surface area contributed by atoms with E-state index in [1.54, 1.807) is 24.3 Å². The van der Waals surface area contributed by atoms with Crippen LogP contribution in [0.5, 0.6) is 11.6 Å². The summed E-state index contributed by atoms with van der Waals surface area (Å²) in [6.45, 7) is -0.112. The quantitative estimate of drug-likeness (QED) is 0.656. The van der Waals surface area contributed by atoms with Crippen molar-refractivity contribution in [1.82, 2.24) is 9.97 Å². The van der Waals surface area contributed by atoms with Crippen molar-refractivity contribution in [2.75, 3.05) is 4.31 Å². The third kappa shape index (κ3) is 3.26. The molecule has 0 unspecified atom stereocenters. The van der Waals surface area contributed by atoms with Crippen molar-refractivity contribution in [2.24, 2.45) is 0 Å². The Hall–Kier alpha value is -3.14. The number of sulfonamides is 1. The molecule has 0 atom stereocenters. The molecule has 1 aromatic carbocycles. The summed E-state index contributed by atoms with van der Waals surface area (Å²) in [5.41, 5.74) is -0.584. The lowest BCUT2D eigenvalue weighted by Gasteiger charge is -2.19. The fourth-order valence-electron chi connectivity index (χ4n) is 2.81. The number of aromatic nitrogens is 2. The van der Waals surface area contributed by atoms with Gasteiger partial charge in [0.25, 0.3) is 10.0 Å². The van der Waals surface area contributed by atoms with Crippen LogP contribution in [0, 0.1) is 0 Å². The number of alkyl halides is 3. The van der Waals surface area contributed by atoms with Crippen molar-refractivity contribution in [1.29, 1.82) is 0 Å². The molecule has 28 heavy (non-hydrogen) atoms. The van der Waals surface area contributed by atoms with Crippen LogP contribution < -0.4 is 9.04 Å².